The molecule has 6 heteroatoms. The summed E-state index contributed by atoms with van der Waals surface area (Å²) in [6.45, 7) is 2.71. The normalized spacial score (nSPS) is 10.5. The number of nitrogen functional groups attached to an aromatic ring is 1. The molecule has 2 heterocycles. The van der Waals surface area contributed by atoms with Crippen molar-refractivity contribution in [3.8, 4) is 11.5 Å². The molecule has 13 heavy (non-hydrogen) atoms. The Hall–Kier alpha value is -1.85. The van der Waals surface area contributed by atoms with Crippen molar-refractivity contribution in [2.75, 3.05) is 5.73 Å². The minimum absolute atomic E-state index is 0.278. The molecule has 0 aliphatic heterocycles. The van der Waals surface area contributed by atoms with Crippen LogP contribution < -0.4 is 5.73 Å². The number of aromatic nitrogens is 4. The number of hydrogen-bond donors (Lipinski definition) is 1. The average molecular weight is 179 g/mol. The Kier molecular flexibility index (Phi) is 1.73. The quantitative estimate of drug-likeness (QED) is 0.727. The molecule has 0 aliphatic carbocycles. The van der Waals surface area contributed by atoms with Crippen molar-refractivity contribution < 1.29 is 4.52 Å². The van der Waals surface area contributed by atoms with Gasteiger partial charge in [-0.1, -0.05) is 5.16 Å². The Morgan fingerprint density at radius 3 is 3.08 bits per heavy atom. The second-order valence-corrected chi connectivity index (χ2v) is 2.51. The van der Waals surface area contributed by atoms with Crippen molar-refractivity contribution in [2.24, 2.45) is 0 Å². The van der Waals surface area contributed by atoms with Gasteiger partial charge in [-0.2, -0.15) is 5.10 Å². The summed E-state index contributed by atoms with van der Waals surface area (Å²) >= 11 is 0. The molecule has 0 aliphatic rings. The summed E-state index contributed by atoms with van der Waals surface area (Å²) in [5, 5.41) is 7.75. The molecular weight excluding hydrogens is 170 g/mol. The van der Waals surface area contributed by atoms with Crippen molar-refractivity contribution in [3.05, 3.63) is 12.4 Å². The number of aryl methyl sites for hydroxylation is 1. The highest BCUT2D eigenvalue weighted by atomic mass is 16.5. The van der Waals surface area contributed by atoms with Crippen LogP contribution in [0.5, 0.6) is 0 Å². The smallest absolute Gasteiger partial charge is 0.222 e. The van der Waals surface area contributed by atoms with Gasteiger partial charge in [0.15, 0.2) is 11.5 Å². The lowest BCUT2D eigenvalue weighted by Crippen LogP contribution is -1.99. The van der Waals surface area contributed by atoms with Crippen molar-refractivity contribution in [2.45, 2.75) is 13.5 Å². The molecule has 0 saturated carbocycles. The third kappa shape index (κ3) is 1.26. The average Bonchev–Trinajstić information content (AvgIpc) is 2.71. The third-order valence-electron chi connectivity index (χ3n) is 1.67. The zero-order valence-electron chi connectivity index (χ0n) is 7.14. The molecular formula is C7H9N5O. The van der Waals surface area contributed by atoms with Gasteiger partial charge in [0.25, 0.3) is 0 Å². The first-order valence-electron chi connectivity index (χ1n) is 3.91. The Morgan fingerprint density at radius 2 is 2.46 bits per heavy atom. The molecule has 0 bridgehead atoms. The van der Waals surface area contributed by atoms with Gasteiger partial charge in [-0.3, -0.25) is 0 Å². The molecule has 2 N–H and O–H groups in total. The highest BCUT2D eigenvalue weighted by Gasteiger charge is 2.10. The predicted molar refractivity (Wildman–Crippen MR) is 45.6 cm³/mol. The van der Waals surface area contributed by atoms with E-state index >= 15 is 0 Å². The second kappa shape index (κ2) is 2.89. The van der Waals surface area contributed by atoms with Gasteiger partial charge >= 0.3 is 0 Å². The molecule has 0 amide bonds. The minimum Gasteiger partial charge on any atom is -0.368 e. The standard InChI is InChI=1S/C7H9N5O/c1-2-12-7(9-4-10-12)5-3-6(8)13-11-5/h3-4H,2,8H2,1H3. The van der Waals surface area contributed by atoms with E-state index in [1.807, 2.05) is 6.92 Å². The number of nitrogens with two attached hydrogens (primary N) is 1. The minimum atomic E-state index is 0.278. The van der Waals surface area contributed by atoms with Crippen molar-refractivity contribution >= 4 is 5.88 Å². The predicted octanol–water partition coefficient (Wildman–Crippen LogP) is 0.535. The largest absolute Gasteiger partial charge is 0.368 e. The van der Waals surface area contributed by atoms with Crippen LogP contribution >= 0.6 is 0 Å². The lowest BCUT2D eigenvalue weighted by Gasteiger charge is -1.96. The van der Waals surface area contributed by atoms with Gasteiger partial charge in [0.1, 0.15) is 6.33 Å². The summed E-state index contributed by atoms with van der Waals surface area (Å²) in [6.07, 6.45) is 1.48. The number of hydrogen-bond acceptors (Lipinski definition) is 5. The summed E-state index contributed by atoms with van der Waals surface area (Å²) in [5.41, 5.74) is 6.00. The number of rotatable bonds is 2. The number of nitrogens with zero attached hydrogens (tertiary/aromatic N) is 4. The maximum Gasteiger partial charge on any atom is 0.222 e. The lowest BCUT2D eigenvalue weighted by atomic mass is 10.4. The van der Waals surface area contributed by atoms with E-state index in [0.717, 1.165) is 6.54 Å². The van der Waals surface area contributed by atoms with E-state index in [1.54, 1.807) is 10.7 Å². The van der Waals surface area contributed by atoms with Crippen molar-refractivity contribution in [3.63, 3.8) is 0 Å². The fourth-order valence-corrected chi connectivity index (χ4v) is 1.09. The molecule has 0 unspecified atom stereocenters. The molecule has 2 rings (SSSR count). The second-order valence-electron chi connectivity index (χ2n) is 2.51. The van der Waals surface area contributed by atoms with Crippen LogP contribution in [0.25, 0.3) is 11.5 Å². The zero-order chi connectivity index (χ0) is 9.26. The highest BCUT2D eigenvalue weighted by Crippen LogP contribution is 2.16. The molecule has 2 aromatic rings. The molecule has 0 aromatic carbocycles. The van der Waals surface area contributed by atoms with E-state index in [1.165, 1.54) is 6.33 Å². The molecule has 0 atom stereocenters. The van der Waals surface area contributed by atoms with Crippen molar-refractivity contribution in [1.29, 1.82) is 0 Å². The Labute approximate surface area is 74.4 Å². The van der Waals surface area contributed by atoms with Crippen LogP contribution in [0, 0.1) is 0 Å². The fraction of sp³-hybridized carbons (Fsp3) is 0.286. The fourth-order valence-electron chi connectivity index (χ4n) is 1.09. The van der Waals surface area contributed by atoms with Gasteiger partial charge in [0.05, 0.1) is 0 Å². The van der Waals surface area contributed by atoms with Crippen LogP contribution in [0.2, 0.25) is 0 Å². The van der Waals surface area contributed by atoms with E-state index in [0.29, 0.717) is 11.5 Å². The zero-order valence-corrected chi connectivity index (χ0v) is 7.14. The van der Waals surface area contributed by atoms with Crippen molar-refractivity contribution in [1.82, 2.24) is 19.9 Å². The Bertz CT molecular complexity index is 404. The summed E-state index contributed by atoms with van der Waals surface area (Å²) in [7, 11) is 0. The molecule has 68 valence electrons. The van der Waals surface area contributed by atoms with E-state index in [2.05, 4.69) is 15.2 Å². The van der Waals surface area contributed by atoms with E-state index < -0.39 is 0 Å². The first-order valence-corrected chi connectivity index (χ1v) is 3.91. The molecule has 6 nitrogen and oxygen atoms in total. The third-order valence-corrected chi connectivity index (χ3v) is 1.67. The summed E-state index contributed by atoms with van der Waals surface area (Å²) in [4.78, 5) is 4.04. The highest BCUT2D eigenvalue weighted by molar-refractivity contribution is 5.52. The van der Waals surface area contributed by atoms with Gasteiger partial charge in [-0.15, -0.1) is 0 Å². The monoisotopic (exact) mass is 179 g/mol. The van der Waals surface area contributed by atoms with Gasteiger partial charge in [-0.05, 0) is 6.92 Å². The first-order chi connectivity index (χ1) is 6.31. The van der Waals surface area contributed by atoms with E-state index in [-0.39, 0.29) is 5.88 Å². The molecule has 0 saturated heterocycles. The topological polar surface area (TPSA) is 82.8 Å². The molecule has 0 radical (unpaired) electrons. The molecule has 0 fully saturated rings. The maximum atomic E-state index is 5.39. The summed E-state index contributed by atoms with van der Waals surface area (Å²) in [5.74, 6) is 0.948. The van der Waals surface area contributed by atoms with Crippen LogP contribution in [-0.4, -0.2) is 19.9 Å². The van der Waals surface area contributed by atoms with Gasteiger partial charge in [0, 0.05) is 12.6 Å². The SMILES string of the molecule is CCn1ncnc1-c1cc(N)on1. The van der Waals surface area contributed by atoms with Crippen LogP contribution in [0.1, 0.15) is 6.92 Å². The number of anilines is 1. The Morgan fingerprint density at radius 1 is 1.62 bits per heavy atom. The van der Waals surface area contributed by atoms with E-state index in [4.69, 9.17) is 10.3 Å². The summed E-state index contributed by atoms with van der Waals surface area (Å²) < 4.78 is 6.45. The van der Waals surface area contributed by atoms with Crippen LogP contribution in [-0.2, 0) is 6.54 Å². The molecule has 0 spiro atoms. The molecule has 2 aromatic heterocycles. The van der Waals surface area contributed by atoms with Crippen LogP contribution in [0.15, 0.2) is 16.9 Å². The van der Waals surface area contributed by atoms with Gasteiger partial charge < -0.3 is 10.3 Å². The van der Waals surface area contributed by atoms with E-state index in [9.17, 15) is 0 Å². The lowest BCUT2D eigenvalue weighted by molar-refractivity contribution is 0.438. The van der Waals surface area contributed by atoms with Crippen LogP contribution in [0.3, 0.4) is 0 Å². The van der Waals surface area contributed by atoms with Crippen LogP contribution in [0.4, 0.5) is 5.88 Å². The Balaban J connectivity index is 2.45. The summed E-state index contributed by atoms with van der Waals surface area (Å²) in [6, 6.07) is 1.62. The van der Waals surface area contributed by atoms with Gasteiger partial charge in [-0.25, -0.2) is 9.67 Å². The van der Waals surface area contributed by atoms with Gasteiger partial charge in [0.2, 0.25) is 5.88 Å². The maximum absolute atomic E-state index is 5.39. The first kappa shape index (κ1) is 7.78.